The first-order valence-corrected chi connectivity index (χ1v) is 5.53. The minimum Gasteiger partial charge on any atom is -0.288 e. The van der Waals surface area contributed by atoms with Gasteiger partial charge in [0, 0.05) is 18.0 Å². The molecule has 1 heterocycles. The first-order chi connectivity index (χ1) is 6.18. The zero-order chi connectivity index (χ0) is 9.68. The summed E-state index contributed by atoms with van der Waals surface area (Å²) in [4.78, 5) is 15.8. The average molecular weight is 211 g/mol. The fourth-order valence-corrected chi connectivity index (χ4v) is 1.65. The average Bonchev–Trinajstić information content (AvgIpc) is 2.45. The van der Waals surface area contributed by atoms with Crippen molar-refractivity contribution in [3.63, 3.8) is 0 Å². The maximum Gasteiger partial charge on any atom is 0.186 e. The third-order valence-electron chi connectivity index (χ3n) is 1.16. The summed E-state index contributed by atoms with van der Waals surface area (Å²) in [6.45, 7) is 3.53. The van der Waals surface area contributed by atoms with Crippen LogP contribution in [-0.4, -0.2) is 15.9 Å². The number of aromatic nitrogens is 1. The molecule has 0 aliphatic carbocycles. The summed E-state index contributed by atoms with van der Waals surface area (Å²) in [5.41, 5.74) is 0. The van der Waals surface area contributed by atoms with Crippen LogP contribution in [0, 0.1) is 18.8 Å². The van der Waals surface area contributed by atoms with Crippen LogP contribution >= 0.6 is 23.1 Å². The molecule has 0 saturated heterocycles. The molecule has 0 fully saturated rings. The molecule has 2 nitrogen and oxygen atoms in total. The number of rotatable bonds is 1. The van der Waals surface area contributed by atoms with Gasteiger partial charge in [-0.25, -0.2) is 4.98 Å². The first-order valence-electron chi connectivity index (χ1n) is 3.73. The number of carbonyl (C=O) groups excluding carboxylic acids is 1. The van der Waals surface area contributed by atoms with E-state index in [0.29, 0.717) is 5.75 Å². The predicted molar refractivity (Wildman–Crippen MR) is 56.9 cm³/mol. The van der Waals surface area contributed by atoms with Gasteiger partial charge in [-0.3, -0.25) is 4.79 Å². The number of aryl methyl sites for hydroxylation is 1. The lowest BCUT2D eigenvalue weighted by Crippen LogP contribution is -1.81. The lowest BCUT2D eigenvalue weighted by molar-refractivity contribution is -0.109. The Kier molecular flexibility index (Phi) is 4.00. The maximum absolute atomic E-state index is 10.5. The Balaban J connectivity index is 2.44. The Morgan fingerprint density at radius 2 is 2.54 bits per heavy atom. The third kappa shape index (κ3) is 4.11. The lowest BCUT2D eigenvalue weighted by atomic mass is 10.6. The second-order valence-corrected chi connectivity index (χ2v) is 4.75. The monoisotopic (exact) mass is 211 g/mol. The highest BCUT2D eigenvalue weighted by molar-refractivity contribution is 8.13. The van der Waals surface area contributed by atoms with E-state index in [-0.39, 0.29) is 5.12 Å². The smallest absolute Gasteiger partial charge is 0.186 e. The van der Waals surface area contributed by atoms with Gasteiger partial charge < -0.3 is 0 Å². The quantitative estimate of drug-likeness (QED) is 0.666. The minimum atomic E-state index is 0.101. The molecular formula is C9H9NOS2. The molecule has 0 bridgehead atoms. The molecule has 0 N–H and O–H groups in total. The molecule has 1 rings (SSSR count). The predicted octanol–water partition coefficient (Wildman–Crippen LogP) is 2.08. The van der Waals surface area contributed by atoms with Crippen LogP contribution < -0.4 is 0 Å². The molecule has 0 aromatic carbocycles. The van der Waals surface area contributed by atoms with Gasteiger partial charge in [-0.1, -0.05) is 17.7 Å². The molecule has 1 aromatic rings. The van der Waals surface area contributed by atoms with Crippen LogP contribution in [-0.2, 0) is 4.79 Å². The van der Waals surface area contributed by atoms with Crippen molar-refractivity contribution in [2.75, 3.05) is 5.75 Å². The molecule has 0 aliphatic heterocycles. The SMILES string of the molecule is CC(=O)SCC#Cc1ncc(C)s1. The normalized spacial score (nSPS) is 9.08. The number of thioether (sulfide) groups is 1. The van der Waals surface area contributed by atoms with Crippen LogP contribution in [0.25, 0.3) is 0 Å². The van der Waals surface area contributed by atoms with Crippen LogP contribution in [0.15, 0.2) is 6.20 Å². The number of hydrogen-bond acceptors (Lipinski definition) is 4. The molecule has 4 heteroatoms. The standard InChI is InChI=1S/C9H9NOS2/c1-7-6-10-9(13-7)4-3-5-12-8(2)11/h6H,5H2,1-2H3. The molecular weight excluding hydrogens is 202 g/mol. The van der Waals surface area contributed by atoms with Gasteiger partial charge in [0.05, 0.1) is 5.75 Å². The maximum atomic E-state index is 10.5. The largest absolute Gasteiger partial charge is 0.288 e. The summed E-state index contributed by atoms with van der Waals surface area (Å²) < 4.78 is 0. The van der Waals surface area contributed by atoms with Gasteiger partial charge in [0.15, 0.2) is 10.1 Å². The topological polar surface area (TPSA) is 30.0 Å². The van der Waals surface area contributed by atoms with Crippen LogP contribution in [0.1, 0.15) is 16.8 Å². The van der Waals surface area contributed by atoms with E-state index in [9.17, 15) is 4.79 Å². The third-order valence-corrected chi connectivity index (χ3v) is 2.69. The second-order valence-electron chi connectivity index (χ2n) is 2.36. The second kappa shape index (κ2) is 5.05. The van der Waals surface area contributed by atoms with Gasteiger partial charge in [-0.2, -0.15) is 0 Å². The molecule has 13 heavy (non-hydrogen) atoms. The molecule has 0 aliphatic rings. The highest BCUT2D eigenvalue weighted by atomic mass is 32.2. The summed E-state index contributed by atoms with van der Waals surface area (Å²) in [6.07, 6.45) is 1.80. The van der Waals surface area contributed by atoms with Crippen molar-refractivity contribution in [2.45, 2.75) is 13.8 Å². The lowest BCUT2D eigenvalue weighted by Gasteiger charge is -1.83. The van der Waals surface area contributed by atoms with Crippen LogP contribution in [0.2, 0.25) is 0 Å². The fourth-order valence-electron chi connectivity index (χ4n) is 0.662. The highest BCUT2D eigenvalue weighted by Crippen LogP contribution is 2.09. The summed E-state index contributed by atoms with van der Waals surface area (Å²) in [6, 6.07) is 0. The Bertz CT molecular complexity index is 359. The van der Waals surface area contributed by atoms with E-state index in [1.54, 1.807) is 24.5 Å². The van der Waals surface area contributed by atoms with Gasteiger partial charge in [0.1, 0.15) is 0 Å². The minimum absolute atomic E-state index is 0.101. The van der Waals surface area contributed by atoms with E-state index in [4.69, 9.17) is 0 Å². The van der Waals surface area contributed by atoms with Gasteiger partial charge in [-0.15, -0.1) is 11.3 Å². The van der Waals surface area contributed by atoms with E-state index in [0.717, 1.165) is 9.88 Å². The summed E-state index contributed by atoms with van der Waals surface area (Å²) >= 11 is 2.79. The molecule has 0 saturated carbocycles. The Morgan fingerprint density at radius 3 is 3.08 bits per heavy atom. The first kappa shape index (κ1) is 10.3. The Labute approximate surface area is 85.8 Å². The Morgan fingerprint density at radius 1 is 1.77 bits per heavy atom. The van der Waals surface area contributed by atoms with Crippen molar-refractivity contribution in [2.24, 2.45) is 0 Å². The molecule has 0 radical (unpaired) electrons. The number of thiazole rings is 1. The summed E-state index contributed by atoms with van der Waals surface area (Å²) in [5, 5.41) is 0.922. The molecule has 0 unspecified atom stereocenters. The number of hydrogen-bond donors (Lipinski definition) is 0. The van der Waals surface area contributed by atoms with E-state index in [2.05, 4.69) is 16.8 Å². The van der Waals surface area contributed by atoms with Crippen LogP contribution in [0.3, 0.4) is 0 Å². The zero-order valence-electron chi connectivity index (χ0n) is 7.46. The number of carbonyl (C=O) groups is 1. The van der Waals surface area contributed by atoms with Gasteiger partial charge in [0.2, 0.25) is 0 Å². The molecule has 0 spiro atoms. The van der Waals surface area contributed by atoms with Crippen molar-refractivity contribution < 1.29 is 4.79 Å². The number of nitrogens with zero attached hydrogens (tertiary/aromatic N) is 1. The van der Waals surface area contributed by atoms with Crippen molar-refractivity contribution in [3.05, 3.63) is 16.1 Å². The summed E-state index contributed by atoms with van der Waals surface area (Å²) in [7, 11) is 0. The van der Waals surface area contributed by atoms with E-state index >= 15 is 0 Å². The molecule has 0 amide bonds. The van der Waals surface area contributed by atoms with Gasteiger partial charge in [0.25, 0.3) is 0 Å². The van der Waals surface area contributed by atoms with Crippen molar-refractivity contribution >= 4 is 28.2 Å². The fraction of sp³-hybridized carbons (Fsp3) is 0.333. The van der Waals surface area contributed by atoms with E-state index < -0.39 is 0 Å². The molecule has 0 atom stereocenters. The van der Waals surface area contributed by atoms with E-state index in [1.165, 1.54) is 11.8 Å². The van der Waals surface area contributed by atoms with Crippen LogP contribution in [0.4, 0.5) is 0 Å². The van der Waals surface area contributed by atoms with E-state index in [1.807, 2.05) is 6.92 Å². The van der Waals surface area contributed by atoms with Crippen molar-refractivity contribution in [1.82, 2.24) is 4.98 Å². The van der Waals surface area contributed by atoms with Crippen LogP contribution in [0.5, 0.6) is 0 Å². The zero-order valence-corrected chi connectivity index (χ0v) is 9.09. The van der Waals surface area contributed by atoms with Crippen molar-refractivity contribution in [1.29, 1.82) is 0 Å². The van der Waals surface area contributed by atoms with Gasteiger partial charge in [-0.05, 0) is 12.8 Å². The molecule has 68 valence electrons. The Hall–Kier alpha value is -0.790. The molecule has 1 aromatic heterocycles. The van der Waals surface area contributed by atoms with Gasteiger partial charge >= 0.3 is 0 Å². The van der Waals surface area contributed by atoms with Crippen molar-refractivity contribution in [3.8, 4) is 11.8 Å². The highest BCUT2D eigenvalue weighted by Gasteiger charge is 1.92. The summed E-state index contributed by atoms with van der Waals surface area (Å²) in [5.74, 6) is 6.34.